The summed E-state index contributed by atoms with van der Waals surface area (Å²) in [5.74, 6) is -0.0946. The van der Waals surface area contributed by atoms with Gasteiger partial charge in [0.05, 0.1) is 40.3 Å². The van der Waals surface area contributed by atoms with Crippen molar-refractivity contribution in [2.75, 3.05) is 11.9 Å². The lowest BCUT2D eigenvalue weighted by Crippen LogP contribution is -2.42. The number of imidazole rings is 1. The summed E-state index contributed by atoms with van der Waals surface area (Å²) in [5, 5.41) is 20.0. The lowest BCUT2D eigenvalue weighted by atomic mass is 10.0. The number of hydrogen-bond donors (Lipinski definition) is 3. The number of aliphatic hydroxyl groups is 1. The number of carbonyl (C=O) groups is 1. The van der Waals surface area contributed by atoms with Crippen molar-refractivity contribution in [1.29, 1.82) is 0 Å². The summed E-state index contributed by atoms with van der Waals surface area (Å²) in [5.41, 5.74) is 0.801. The molecule has 0 aliphatic carbocycles. The summed E-state index contributed by atoms with van der Waals surface area (Å²) in [6.45, 7) is 2.33. The van der Waals surface area contributed by atoms with Gasteiger partial charge in [-0.25, -0.2) is 19.3 Å². The molecule has 0 bridgehead atoms. The summed E-state index contributed by atoms with van der Waals surface area (Å²) < 4.78 is 17.4. The highest BCUT2D eigenvalue weighted by molar-refractivity contribution is 6.31. The average Bonchev–Trinajstić information content (AvgIpc) is 3.36. The third-order valence-corrected chi connectivity index (χ3v) is 5.13. The number of nitrogens with zero attached hydrogens (tertiary/aromatic N) is 6. The minimum Gasteiger partial charge on any atom is -0.387 e. The predicted octanol–water partition coefficient (Wildman–Crippen LogP) is 2.78. The predicted molar refractivity (Wildman–Crippen MR) is 122 cm³/mol. The third kappa shape index (κ3) is 4.94. The molecule has 4 aromatic heterocycles. The highest BCUT2D eigenvalue weighted by atomic mass is 35.5. The molecule has 4 aromatic rings. The Balaban J connectivity index is 1.69. The fourth-order valence-electron chi connectivity index (χ4n) is 3.07. The number of pyridine rings is 2. The van der Waals surface area contributed by atoms with E-state index in [0.717, 1.165) is 0 Å². The van der Waals surface area contributed by atoms with Gasteiger partial charge in [-0.3, -0.25) is 14.0 Å². The molecule has 172 valence electrons. The Morgan fingerprint density at radius 2 is 2.03 bits per heavy atom. The number of anilines is 2. The Kier molecular flexibility index (Phi) is 6.00. The normalized spacial score (nSPS) is 12.7. The van der Waals surface area contributed by atoms with Crippen molar-refractivity contribution in [3.05, 3.63) is 53.8 Å². The molecule has 1 amide bonds. The quantitative estimate of drug-likeness (QED) is 0.378. The van der Waals surface area contributed by atoms with Gasteiger partial charge in [0, 0.05) is 31.7 Å². The first-order valence-corrected chi connectivity index (χ1v) is 10.4. The van der Waals surface area contributed by atoms with E-state index >= 15 is 0 Å². The molecule has 0 radical (unpaired) electrons. The summed E-state index contributed by atoms with van der Waals surface area (Å²) in [6.07, 6.45) is 6.14. The van der Waals surface area contributed by atoms with Gasteiger partial charge in [-0.1, -0.05) is 11.6 Å². The van der Waals surface area contributed by atoms with Crippen molar-refractivity contribution in [3.63, 3.8) is 0 Å². The van der Waals surface area contributed by atoms with Crippen LogP contribution < -0.4 is 10.6 Å². The number of hydrogen-bond acceptors (Lipinski definition) is 7. The topological polar surface area (TPSA) is 123 Å². The SMILES string of the molecule is Cn1cc(Nc2cc(-n3cnc4cc(Cl)cnc43)ncc2C(=O)NC[C@@H](F)C(C)(C)O)cn1. The van der Waals surface area contributed by atoms with E-state index in [9.17, 15) is 14.3 Å². The number of aryl methyl sites for hydroxylation is 1. The highest BCUT2D eigenvalue weighted by Crippen LogP contribution is 2.25. The minimum absolute atomic E-state index is 0.186. The number of halogens is 2. The van der Waals surface area contributed by atoms with Gasteiger partial charge >= 0.3 is 0 Å². The van der Waals surface area contributed by atoms with Crippen LogP contribution in [0.3, 0.4) is 0 Å². The molecule has 0 saturated carbocycles. The van der Waals surface area contributed by atoms with Gasteiger partial charge in [-0.2, -0.15) is 5.10 Å². The van der Waals surface area contributed by atoms with E-state index in [0.29, 0.717) is 33.4 Å². The van der Waals surface area contributed by atoms with Crippen LogP contribution in [0.5, 0.6) is 0 Å². The average molecular weight is 473 g/mol. The zero-order chi connectivity index (χ0) is 23.8. The van der Waals surface area contributed by atoms with Gasteiger partial charge in [0.1, 0.15) is 23.8 Å². The van der Waals surface area contributed by atoms with Crippen LogP contribution in [0, 0.1) is 0 Å². The van der Waals surface area contributed by atoms with E-state index in [2.05, 4.69) is 30.7 Å². The van der Waals surface area contributed by atoms with Crippen LogP contribution in [0.25, 0.3) is 17.0 Å². The second-order valence-electron chi connectivity index (χ2n) is 8.06. The Hall–Kier alpha value is -3.57. The van der Waals surface area contributed by atoms with Crippen molar-refractivity contribution in [2.24, 2.45) is 7.05 Å². The molecular formula is C21H22ClFN8O2. The van der Waals surface area contributed by atoms with Crippen molar-refractivity contribution in [3.8, 4) is 5.82 Å². The molecular weight excluding hydrogens is 451 g/mol. The van der Waals surface area contributed by atoms with Crippen LogP contribution in [0.1, 0.15) is 24.2 Å². The van der Waals surface area contributed by atoms with Crippen molar-refractivity contribution in [2.45, 2.75) is 25.6 Å². The van der Waals surface area contributed by atoms with Gasteiger partial charge in [0.15, 0.2) is 5.65 Å². The first-order valence-electron chi connectivity index (χ1n) is 10.0. The molecule has 3 N–H and O–H groups in total. The van der Waals surface area contributed by atoms with Gasteiger partial charge < -0.3 is 15.7 Å². The maximum atomic E-state index is 14.1. The number of alkyl halides is 1. The fraction of sp³-hybridized carbons (Fsp3) is 0.286. The molecule has 33 heavy (non-hydrogen) atoms. The first-order chi connectivity index (χ1) is 15.6. The molecule has 4 heterocycles. The maximum absolute atomic E-state index is 14.1. The number of amides is 1. The van der Waals surface area contributed by atoms with E-state index < -0.39 is 17.7 Å². The lowest BCUT2D eigenvalue weighted by molar-refractivity contribution is -0.00177. The summed E-state index contributed by atoms with van der Waals surface area (Å²) in [4.78, 5) is 25.8. The van der Waals surface area contributed by atoms with Gasteiger partial charge in [0.2, 0.25) is 0 Å². The van der Waals surface area contributed by atoms with Crippen LogP contribution in [-0.4, -0.2) is 58.6 Å². The summed E-state index contributed by atoms with van der Waals surface area (Å²) in [6, 6.07) is 3.34. The van der Waals surface area contributed by atoms with Crippen LogP contribution in [0.15, 0.2) is 43.2 Å². The van der Waals surface area contributed by atoms with Crippen molar-refractivity contribution in [1.82, 2.24) is 34.6 Å². The molecule has 0 unspecified atom stereocenters. The molecule has 0 saturated heterocycles. The van der Waals surface area contributed by atoms with Crippen molar-refractivity contribution < 1.29 is 14.3 Å². The summed E-state index contributed by atoms with van der Waals surface area (Å²) in [7, 11) is 1.77. The van der Waals surface area contributed by atoms with Crippen LogP contribution >= 0.6 is 11.6 Å². The van der Waals surface area contributed by atoms with Gasteiger partial charge in [-0.05, 0) is 19.9 Å². The Labute approximate surface area is 193 Å². The van der Waals surface area contributed by atoms with E-state index in [4.69, 9.17) is 11.6 Å². The second-order valence-corrected chi connectivity index (χ2v) is 8.49. The first kappa shape index (κ1) is 22.6. The molecule has 0 spiro atoms. The number of rotatable bonds is 7. The van der Waals surface area contributed by atoms with E-state index in [1.54, 1.807) is 47.2 Å². The Bertz CT molecular complexity index is 1310. The van der Waals surface area contributed by atoms with Crippen LogP contribution in [-0.2, 0) is 7.05 Å². The monoisotopic (exact) mass is 472 g/mol. The summed E-state index contributed by atoms with van der Waals surface area (Å²) >= 11 is 5.99. The Morgan fingerprint density at radius 1 is 1.24 bits per heavy atom. The fourth-order valence-corrected chi connectivity index (χ4v) is 3.23. The molecule has 0 aliphatic heterocycles. The Morgan fingerprint density at radius 3 is 2.73 bits per heavy atom. The van der Waals surface area contributed by atoms with Crippen LogP contribution in [0.4, 0.5) is 15.8 Å². The molecule has 4 rings (SSSR count). The molecule has 1 atom stereocenters. The smallest absolute Gasteiger partial charge is 0.255 e. The molecule has 0 fully saturated rings. The second kappa shape index (κ2) is 8.75. The number of carbonyl (C=O) groups excluding carboxylic acids is 1. The number of fused-ring (bicyclic) bond motifs is 1. The number of aromatic nitrogens is 6. The van der Waals surface area contributed by atoms with E-state index in [1.165, 1.54) is 26.2 Å². The lowest BCUT2D eigenvalue weighted by Gasteiger charge is -2.22. The third-order valence-electron chi connectivity index (χ3n) is 4.93. The zero-order valence-corrected chi connectivity index (χ0v) is 18.9. The largest absolute Gasteiger partial charge is 0.387 e. The van der Waals surface area contributed by atoms with Crippen molar-refractivity contribution >= 4 is 40.0 Å². The molecule has 0 aromatic carbocycles. The van der Waals surface area contributed by atoms with Gasteiger partial charge in [-0.15, -0.1) is 0 Å². The maximum Gasteiger partial charge on any atom is 0.255 e. The standard InChI is InChI=1S/C21H22ClFN8O2/c1-21(2,33)17(23)9-26-20(32)14-8-24-18(5-15(14)29-13-7-28-30(3)10-13)31-11-27-16-4-12(22)6-25-19(16)31/h4-8,10-11,17,33H,9H2,1-3H3,(H,24,29)(H,26,32)/t17-/m1/s1. The zero-order valence-electron chi connectivity index (χ0n) is 18.1. The minimum atomic E-state index is -1.64. The van der Waals surface area contributed by atoms with Crippen LogP contribution in [0.2, 0.25) is 5.02 Å². The highest BCUT2D eigenvalue weighted by Gasteiger charge is 2.27. The number of nitrogens with one attached hydrogen (secondary N) is 2. The van der Waals surface area contributed by atoms with E-state index in [1.807, 2.05) is 0 Å². The van der Waals surface area contributed by atoms with Gasteiger partial charge in [0.25, 0.3) is 5.91 Å². The molecule has 0 aliphatic rings. The van der Waals surface area contributed by atoms with E-state index in [-0.39, 0.29) is 12.1 Å². The molecule has 12 heteroatoms. The molecule has 10 nitrogen and oxygen atoms in total.